The van der Waals surface area contributed by atoms with E-state index in [1.165, 1.54) is 0 Å². The van der Waals surface area contributed by atoms with Crippen molar-refractivity contribution in [3.8, 4) is 0 Å². The average Bonchev–Trinajstić information content (AvgIpc) is 1.81. The molecule has 3 nitrogen and oxygen atoms in total. The van der Waals surface area contributed by atoms with E-state index in [1.807, 2.05) is 0 Å². The van der Waals surface area contributed by atoms with Gasteiger partial charge in [0.1, 0.15) is 0 Å². The zero-order chi connectivity index (χ0) is 12.0. The minimum absolute atomic E-state index is 0.401. The third-order valence-electron chi connectivity index (χ3n) is 0.473. The second kappa shape index (κ2) is 5.73. The summed E-state index contributed by atoms with van der Waals surface area (Å²) < 4.78 is 84.7. The first kappa shape index (κ1) is 15.5. The lowest BCUT2D eigenvalue weighted by Crippen LogP contribution is -2.25. The summed E-state index contributed by atoms with van der Waals surface area (Å²) >= 11 is 0. The molecule has 0 aliphatic heterocycles. The Morgan fingerprint density at radius 2 is 1.57 bits per heavy atom. The van der Waals surface area contributed by atoms with Crippen LogP contribution in [0.15, 0.2) is 12.8 Å². The number of hydrogen-bond donors (Lipinski definition) is 0. The van der Waals surface area contributed by atoms with Crippen molar-refractivity contribution in [1.29, 1.82) is 0 Å². The normalized spacial score (nSPS) is 13.6. The highest BCUT2D eigenvalue weighted by molar-refractivity contribution is 7.81. The van der Waals surface area contributed by atoms with Crippen LogP contribution in [0.3, 0.4) is 0 Å². The fourth-order valence-electron chi connectivity index (χ4n) is 0.162. The molecule has 0 amide bonds. The fourth-order valence-corrected chi connectivity index (χ4v) is 0.162. The van der Waals surface area contributed by atoms with E-state index in [4.69, 9.17) is 8.42 Å². The van der Waals surface area contributed by atoms with Crippen LogP contribution in [0.2, 0.25) is 0 Å². The highest BCUT2D eigenvalue weighted by Crippen LogP contribution is 2.23. The van der Waals surface area contributed by atoms with Gasteiger partial charge in [0.2, 0.25) is 0 Å². The Morgan fingerprint density at radius 1 is 1.29 bits per heavy atom. The van der Waals surface area contributed by atoms with Crippen molar-refractivity contribution < 1.29 is 38.5 Å². The van der Waals surface area contributed by atoms with Crippen molar-refractivity contribution in [2.75, 3.05) is 0 Å². The Labute approximate surface area is 75.5 Å². The molecule has 1 atom stereocenters. The number of alkyl halides is 4. The van der Waals surface area contributed by atoms with Gasteiger partial charge in [-0.3, -0.25) is 0 Å². The Balaban J connectivity index is 0. The van der Waals surface area contributed by atoms with E-state index < -0.39 is 23.1 Å². The minimum atomic E-state index is -5.67. The molecule has 14 heavy (non-hydrogen) atoms. The van der Waals surface area contributed by atoms with Crippen LogP contribution in [-0.4, -0.2) is 21.0 Å². The predicted octanol–water partition coefficient (Wildman–Crippen LogP) is 2.17. The third kappa shape index (κ3) is 17.2. The van der Waals surface area contributed by atoms with E-state index in [-0.39, 0.29) is 0 Å². The van der Waals surface area contributed by atoms with Gasteiger partial charge in [0.15, 0.2) is 0 Å². The molecule has 0 rings (SSSR count). The van der Waals surface area contributed by atoms with Crippen LogP contribution in [0.4, 0.5) is 25.3 Å². The van der Waals surface area contributed by atoms with E-state index in [1.54, 1.807) is 0 Å². The fraction of sp³-hybridized carbons (Fsp3) is 0.500. The molecule has 0 saturated carbocycles. The van der Waals surface area contributed by atoms with Crippen LogP contribution in [0.1, 0.15) is 0 Å². The van der Waals surface area contributed by atoms with Crippen LogP contribution < -0.4 is 0 Å². The zero-order valence-corrected chi connectivity index (χ0v) is 7.08. The molecule has 0 radical (unpaired) electrons. The van der Waals surface area contributed by atoms with Crippen LogP contribution >= 0.6 is 0 Å². The van der Waals surface area contributed by atoms with Crippen molar-refractivity contribution in [2.45, 2.75) is 12.5 Å². The van der Waals surface area contributed by atoms with Crippen LogP contribution in [0, 0.1) is 0 Å². The summed E-state index contributed by atoms with van der Waals surface area (Å²) in [6.07, 6.45) is -7.80. The van der Waals surface area contributed by atoms with Gasteiger partial charge in [-0.05, 0) is 0 Å². The van der Waals surface area contributed by atoms with Gasteiger partial charge in [-0.15, -0.1) is 0 Å². The Kier molecular flexibility index (Phi) is 6.36. The van der Waals surface area contributed by atoms with Gasteiger partial charge >= 0.3 is 23.1 Å². The van der Waals surface area contributed by atoms with Crippen LogP contribution in [0.25, 0.3) is 0 Å². The first-order chi connectivity index (χ1) is 5.98. The van der Waals surface area contributed by atoms with Crippen LogP contribution in [-0.2, 0) is 15.3 Å². The monoisotopic (exact) mass is 246 g/mol. The van der Waals surface area contributed by atoms with Gasteiger partial charge in [-0.1, -0.05) is 14.4 Å². The summed E-state index contributed by atoms with van der Waals surface area (Å²) in [6, 6.07) is 0. The molecule has 0 aromatic carbocycles. The zero-order valence-electron chi connectivity index (χ0n) is 6.26. The van der Waals surface area contributed by atoms with E-state index in [0.717, 1.165) is 0 Å². The first-order valence-electron chi connectivity index (χ1n) is 2.60. The Morgan fingerprint density at radius 3 is 1.64 bits per heavy atom. The maximum absolute atomic E-state index is 11.5. The van der Waals surface area contributed by atoms with E-state index in [0.29, 0.717) is 6.26 Å². The van der Waals surface area contributed by atoms with Crippen molar-refractivity contribution >= 4 is 10.6 Å². The number of rotatable bonds is 2. The molecule has 1 unspecified atom stereocenters. The quantitative estimate of drug-likeness (QED) is 0.426. The average molecular weight is 246 g/mol. The van der Waals surface area contributed by atoms with Gasteiger partial charge in [-0.2, -0.15) is 26.0 Å². The molecule has 0 aliphatic rings. The van der Waals surface area contributed by atoms with Gasteiger partial charge < -0.3 is 4.74 Å². The molecular weight excluding hydrogens is 242 g/mol. The van der Waals surface area contributed by atoms with Crippen LogP contribution in [0.5, 0.6) is 0 Å². The Hall–Kier alpha value is -0.930. The smallest absolute Gasteiger partial charge is 0.461 e. The van der Waals surface area contributed by atoms with E-state index in [2.05, 4.69) is 11.3 Å². The summed E-state index contributed by atoms with van der Waals surface area (Å²) in [5, 5.41) is 0. The molecule has 0 N–H and O–H groups in total. The summed E-state index contributed by atoms with van der Waals surface area (Å²) in [7, 11) is -5.67. The summed E-state index contributed by atoms with van der Waals surface area (Å²) in [4.78, 5) is 0. The molecule has 0 saturated heterocycles. The standard InChI is InChI=1S/C4H4F4O.F2O2S/c1-2-9-3(5)4(6,7)8;1-5(2,3)4/h2-3H,1H2;. The van der Waals surface area contributed by atoms with E-state index >= 15 is 0 Å². The van der Waals surface area contributed by atoms with Crippen molar-refractivity contribution in [3.05, 3.63) is 12.8 Å². The maximum atomic E-state index is 11.5. The molecule has 0 heterocycles. The number of hydrogen-bond acceptors (Lipinski definition) is 3. The highest BCUT2D eigenvalue weighted by Gasteiger charge is 2.41. The topological polar surface area (TPSA) is 43.4 Å². The summed E-state index contributed by atoms with van der Waals surface area (Å²) in [6.45, 7) is 2.75. The first-order valence-corrected chi connectivity index (χ1v) is 3.88. The lowest BCUT2D eigenvalue weighted by Gasteiger charge is -2.09. The molecule has 10 heteroatoms. The molecule has 0 aromatic rings. The van der Waals surface area contributed by atoms with Crippen molar-refractivity contribution in [1.82, 2.24) is 0 Å². The number of halogens is 6. The minimum Gasteiger partial charge on any atom is -0.461 e. The predicted molar refractivity (Wildman–Crippen MR) is 33.4 cm³/mol. The molecule has 86 valence electrons. The van der Waals surface area contributed by atoms with Gasteiger partial charge in [0.25, 0.3) is 0 Å². The SMILES string of the molecule is C=COC(F)C(F)(F)F.O=S(=O)(F)F. The molecule has 0 aliphatic carbocycles. The summed E-state index contributed by atoms with van der Waals surface area (Å²) in [5.41, 5.74) is 0. The lowest BCUT2D eigenvalue weighted by atomic mass is 10.7. The molecule has 0 fully saturated rings. The second-order valence-electron chi connectivity index (χ2n) is 1.54. The maximum Gasteiger partial charge on any atom is 0.476 e. The third-order valence-corrected chi connectivity index (χ3v) is 0.473. The molecule has 0 spiro atoms. The summed E-state index contributed by atoms with van der Waals surface area (Å²) in [5.74, 6) is 0. The van der Waals surface area contributed by atoms with Gasteiger partial charge in [0.05, 0.1) is 6.26 Å². The largest absolute Gasteiger partial charge is 0.476 e. The van der Waals surface area contributed by atoms with E-state index in [9.17, 15) is 25.3 Å². The lowest BCUT2D eigenvalue weighted by molar-refractivity contribution is -0.248. The highest BCUT2D eigenvalue weighted by atomic mass is 32.3. The number of ether oxygens (including phenoxy) is 1. The Bertz CT molecular complexity index is 249. The second-order valence-corrected chi connectivity index (χ2v) is 2.30. The van der Waals surface area contributed by atoms with Crippen molar-refractivity contribution in [2.24, 2.45) is 0 Å². The van der Waals surface area contributed by atoms with Gasteiger partial charge in [0, 0.05) is 0 Å². The molecular formula is C4H4F6O3S. The van der Waals surface area contributed by atoms with Crippen molar-refractivity contribution in [3.63, 3.8) is 0 Å². The molecule has 0 bridgehead atoms. The van der Waals surface area contributed by atoms with Gasteiger partial charge in [-0.25, -0.2) is 0 Å². The molecule has 0 aromatic heterocycles.